The van der Waals surface area contributed by atoms with Gasteiger partial charge in [0, 0.05) is 29.6 Å². The zero-order chi connectivity index (χ0) is 27.4. The van der Waals surface area contributed by atoms with E-state index >= 15 is 0 Å². The number of aliphatic hydroxyl groups excluding tert-OH is 1. The topological polar surface area (TPSA) is 144 Å². The summed E-state index contributed by atoms with van der Waals surface area (Å²) in [6, 6.07) is 14.7. The van der Waals surface area contributed by atoms with Crippen LogP contribution in [0, 0.1) is 5.82 Å². The molecule has 1 unspecified atom stereocenters. The summed E-state index contributed by atoms with van der Waals surface area (Å²) >= 11 is 0. The van der Waals surface area contributed by atoms with E-state index in [0.29, 0.717) is 39.9 Å². The Bertz CT molecular complexity index is 1480. The zero-order valence-corrected chi connectivity index (χ0v) is 21.0. The fourth-order valence-electron chi connectivity index (χ4n) is 3.65. The van der Waals surface area contributed by atoms with Gasteiger partial charge in [0.2, 0.25) is 0 Å². The standard InChI is InChI=1S/C27H27FN6O4/c1-15(2)23-14-25(34(33-23)18-6-4-5-17(28)11-18)32-27(37)31-22-8-7-19(12-21(22)16(3)35)38-20-9-10-30-24(13-20)26(29)36/h4-16,35H,1-3H3,(H2,29,36)(H2,31,32,37). The van der Waals surface area contributed by atoms with E-state index in [1.54, 1.807) is 49.4 Å². The molecule has 4 rings (SSSR count). The zero-order valence-electron chi connectivity index (χ0n) is 21.0. The normalized spacial score (nSPS) is 11.7. The lowest BCUT2D eigenvalue weighted by atomic mass is 10.1. The van der Waals surface area contributed by atoms with Crippen LogP contribution in [0.1, 0.15) is 54.5 Å². The fraction of sp³-hybridized carbons (Fsp3) is 0.185. The van der Waals surface area contributed by atoms with E-state index in [-0.39, 0.29) is 11.6 Å². The predicted molar refractivity (Wildman–Crippen MR) is 140 cm³/mol. The number of halogens is 1. The third kappa shape index (κ3) is 6.13. The summed E-state index contributed by atoms with van der Waals surface area (Å²) in [6.45, 7) is 5.47. The number of amides is 3. The molecule has 0 fully saturated rings. The Balaban J connectivity index is 1.56. The van der Waals surface area contributed by atoms with Crippen LogP contribution < -0.4 is 21.1 Å². The average Bonchev–Trinajstić information content (AvgIpc) is 3.29. The van der Waals surface area contributed by atoms with Crippen LogP contribution in [0.5, 0.6) is 11.5 Å². The number of primary amides is 1. The molecule has 0 spiro atoms. The average molecular weight is 519 g/mol. The van der Waals surface area contributed by atoms with Gasteiger partial charge in [-0.1, -0.05) is 19.9 Å². The third-order valence-electron chi connectivity index (χ3n) is 5.56. The number of ether oxygens (including phenoxy) is 1. The summed E-state index contributed by atoms with van der Waals surface area (Å²) < 4.78 is 21.1. The van der Waals surface area contributed by atoms with Crippen LogP contribution in [0.3, 0.4) is 0 Å². The second-order valence-corrected chi connectivity index (χ2v) is 8.85. The molecule has 0 aliphatic heterocycles. The molecule has 11 heteroatoms. The smallest absolute Gasteiger partial charge is 0.324 e. The van der Waals surface area contributed by atoms with Crippen LogP contribution in [0.15, 0.2) is 66.9 Å². The fourth-order valence-corrected chi connectivity index (χ4v) is 3.65. The lowest BCUT2D eigenvalue weighted by Crippen LogP contribution is -2.22. The Morgan fingerprint density at radius 3 is 2.47 bits per heavy atom. The Hall–Kier alpha value is -4.77. The van der Waals surface area contributed by atoms with Crippen LogP contribution in [0.25, 0.3) is 5.69 Å². The molecule has 0 saturated carbocycles. The van der Waals surface area contributed by atoms with Gasteiger partial charge in [0.1, 0.15) is 28.8 Å². The van der Waals surface area contributed by atoms with Crippen molar-refractivity contribution in [3.63, 3.8) is 0 Å². The van der Waals surface area contributed by atoms with Gasteiger partial charge in [0.15, 0.2) is 0 Å². The van der Waals surface area contributed by atoms with Crippen LogP contribution in [-0.2, 0) is 0 Å². The molecule has 38 heavy (non-hydrogen) atoms. The second-order valence-electron chi connectivity index (χ2n) is 8.85. The van der Waals surface area contributed by atoms with Gasteiger partial charge >= 0.3 is 6.03 Å². The molecule has 1 atom stereocenters. The SMILES string of the molecule is CC(C)c1cc(NC(=O)Nc2ccc(Oc3ccnc(C(N)=O)c3)cc2C(C)O)n(-c2cccc(F)c2)n1. The van der Waals surface area contributed by atoms with Crippen molar-refractivity contribution >= 4 is 23.4 Å². The molecule has 2 aromatic carbocycles. The minimum absolute atomic E-state index is 0.0475. The van der Waals surface area contributed by atoms with Gasteiger partial charge in [-0.3, -0.25) is 15.1 Å². The number of pyridine rings is 1. The summed E-state index contributed by atoms with van der Waals surface area (Å²) in [4.78, 5) is 28.2. The predicted octanol–water partition coefficient (Wildman–Crippen LogP) is 5.12. The first-order chi connectivity index (χ1) is 18.1. The number of carbonyl (C=O) groups excluding carboxylic acids is 2. The number of anilines is 2. The summed E-state index contributed by atoms with van der Waals surface area (Å²) in [5, 5.41) is 20.3. The molecule has 0 aliphatic carbocycles. The molecule has 10 nitrogen and oxygen atoms in total. The van der Waals surface area contributed by atoms with E-state index in [2.05, 4.69) is 20.7 Å². The molecular formula is C27H27FN6O4. The first-order valence-corrected chi connectivity index (χ1v) is 11.8. The quantitative estimate of drug-likeness (QED) is 0.255. The van der Waals surface area contributed by atoms with Crippen LogP contribution in [-0.4, -0.2) is 31.8 Å². The minimum atomic E-state index is -0.946. The highest BCUT2D eigenvalue weighted by Crippen LogP contribution is 2.31. The largest absolute Gasteiger partial charge is 0.457 e. The van der Waals surface area contributed by atoms with E-state index < -0.39 is 23.9 Å². The van der Waals surface area contributed by atoms with Crippen molar-refractivity contribution in [2.75, 3.05) is 10.6 Å². The number of rotatable bonds is 8. The highest BCUT2D eigenvalue weighted by Gasteiger charge is 2.17. The number of nitrogens with two attached hydrogens (primary N) is 1. The van der Waals surface area contributed by atoms with Crippen molar-refractivity contribution in [1.82, 2.24) is 14.8 Å². The number of nitrogens with one attached hydrogen (secondary N) is 2. The number of hydrogen-bond donors (Lipinski definition) is 4. The van der Waals surface area contributed by atoms with Crippen LogP contribution in [0.4, 0.5) is 20.7 Å². The minimum Gasteiger partial charge on any atom is -0.457 e. The van der Waals surface area contributed by atoms with Gasteiger partial charge in [-0.25, -0.2) is 13.9 Å². The molecule has 2 aromatic heterocycles. The number of aromatic nitrogens is 3. The first-order valence-electron chi connectivity index (χ1n) is 11.8. The molecule has 0 radical (unpaired) electrons. The molecule has 196 valence electrons. The Kier molecular flexibility index (Phi) is 7.68. The molecule has 0 saturated heterocycles. The van der Waals surface area contributed by atoms with Crippen molar-refractivity contribution in [2.45, 2.75) is 32.8 Å². The van der Waals surface area contributed by atoms with E-state index in [1.165, 1.54) is 29.1 Å². The molecule has 5 N–H and O–H groups in total. The highest BCUT2D eigenvalue weighted by atomic mass is 19.1. The molecule has 4 aromatic rings. The Morgan fingerprint density at radius 1 is 1.03 bits per heavy atom. The van der Waals surface area contributed by atoms with Gasteiger partial charge in [-0.05, 0) is 55.3 Å². The summed E-state index contributed by atoms with van der Waals surface area (Å²) in [7, 11) is 0. The maximum absolute atomic E-state index is 13.8. The van der Waals surface area contributed by atoms with Gasteiger partial charge in [-0.15, -0.1) is 0 Å². The van der Waals surface area contributed by atoms with E-state index in [4.69, 9.17) is 10.5 Å². The van der Waals surface area contributed by atoms with Crippen molar-refractivity contribution in [3.05, 3.63) is 89.6 Å². The Morgan fingerprint density at radius 2 is 1.79 bits per heavy atom. The van der Waals surface area contributed by atoms with E-state index in [0.717, 1.165) is 0 Å². The maximum Gasteiger partial charge on any atom is 0.324 e. The summed E-state index contributed by atoms with van der Waals surface area (Å²) in [5.41, 5.74) is 7.22. The number of hydrogen-bond acceptors (Lipinski definition) is 6. The monoisotopic (exact) mass is 518 g/mol. The summed E-state index contributed by atoms with van der Waals surface area (Å²) in [6.07, 6.45) is 0.447. The number of nitrogens with zero attached hydrogens (tertiary/aromatic N) is 3. The van der Waals surface area contributed by atoms with E-state index in [1.807, 2.05) is 13.8 Å². The molecular weight excluding hydrogens is 491 g/mol. The number of carbonyl (C=O) groups is 2. The number of urea groups is 1. The maximum atomic E-state index is 13.8. The summed E-state index contributed by atoms with van der Waals surface area (Å²) in [5.74, 6) is -0.0129. The molecule has 0 bridgehead atoms. The van der Waals surface area contributed by atoms with Crippen molar-refractivity contribution < 1.29 is 23.8 Å². The van der Waals surface area contributed by atoms with Crippen molar-refractivity contribution in [1.29, 1.82) is 0 Å². The second kappa shape index (κ2) is 11.1. The van der Waals surface area contributed by atoms with E-state index in [9.17, 15) is 19.1 Å². The first kappa shape index (κ1) is 26.3. The Labute approximate surface area is 218 Å². The van der Waals surface area contributed by atoms with Gasteiger partial charge in [0.25, 0.3) is 5.91 Å². The van der Waals surface area contributed by atoms with Crippen molar-refractivity contribution in [2.24, 2.45) is 5.73 Å². The highest BCUT2D eigenvalue weighted by molar-refractivity contribution is 6.00. The lowest BCUT2D eigenvalue weighted by Gasteiger charge is -2.16. The number of aliphatic hydroxyl groups is 1. The van der Waals surface area contributed by atoms with Crippen LogP contribution >= 0.6 is 0 Å². The molecule has 0 aliphatic rings. The molecule has 2 heterocycles. The third-order valence-corrected chi connectivity index (χ3v) is 5.56. The van der Waals surface area contributed by atoms with Gasteiger partial charge < -0.3 is 20.9 Å². The van der Waals surface area contributed by atoms with Crippen molar-refractivity contribution in [3.8, 4) is 17.2 Å². The number of benzene rings is 2. The van der Waals surface area contributed by atoms with Gasteiger partial charge in [0.05, 0.1) is 17.5 Å². The lowest BCUT2D eigenvalue weighted by molar-refractivity contribution is 0.0995. The van der Waals surface area contributed by atoms with Crippen LogP contribution in [0.2, 0.25) is 0 Å². The molecule has 3 amide bonds. The van der Waals surface area contributed by atoms with Gasteiger partial charge in [-0.2, -0.15) is 5.10 Å².